The Kier molecular flexibility index (Phi) is 3.78. The molecule has 0 unspecified atom stereocenters. The Hall–Kier alpha value is -1.26. The topological polar surface area (TPSA) is 53.7 Å². The molecule has 4 heteroatoms. The smallest absolute Gasteiger partial charge is 0.131 e. The zero-order valence-electron chi connectivity index (χ0n) is 11.3. The van der Waals surface area contributed by atoms with Gasteiger partial charge in [-0.15, -0.1) is 0 Å². The number of hydrogen-bond donors (Lipinski definition) is 1. The lowest BCUT2D eigenvalue weighted by Gasteiger charge is -2.22. The third kappa shape index (κ3) is 2.06. The Morgan fingerprint density at radius 2 is 1.89 bits per heavy atom. The highest BCUT2D eigenvalue weighted by molar-refractivity contribution is 5.56. The van der Waals surface area contributed by atoms with Gasteiger partial charge in [0, 0.05) is 30.2 Å². The van der Waals surface area contributed by atoms with Crippen LogP contribution in [0.15, 0.2) is 12.1 Å². The molecule has 1 aliphatic rings. The molecule has 18 heavy (non-hydrogen) atoms. The molecular weight excluding hydrogens is 230 g/mol. The van der Waals surface area contributed by atoms with Crippen LogP contribution >= 0.6 is 0 Å². The zero-order chi connectivity index (χ0) is 13.2. The molecule has 0 radical (unpaired) electrons. The summed E-state index contributed by atoms with van der Waals surface area (Å²) in [5, 5.41) is 0. The zero-order valence-corrected chi connectivity index (χ0v) is 11.3. The Morgan fingerprint density at radius 1 is 1.17 bits per heavy atom. The van der Waals surface area contributed by atoms with Crippen molar-refractivity contribution in [2.24, 2.45) is 5.73 Å². The first-order chi connectivity index (χ1) is 8.72. The van der Waals surface area contributed by atoms with Crippen LogP contribution in [0.25, 0.3) is 0 Å². The van der Waals surface area contributed by atoms with Crippen molar-refractivity contribution in [3.8, 4) is 11.5 Å². The van der Waals surface area contributed by atoms with Gasteiger partial charge in [0.05, 0.1) is 20.8 Å². The van der Waals surface area contributed by atoms with Crippen LogP contribution in [0.2, 0.25) is 0 Å². The SMILES string of the molecule is COCc1ccc(OC)c(C2(CN)CC2)c1OC. The summed E-state index contributed by atoms with van der Waals surface area (Å²) in [6, 6.07) is 3.96. The lowest BCUT2D eigenvalue weighted by atomic mass is 9.92. The Labute approximate surface area is 108 Å². The van der Waals surface area contributed by atoms with Crippen molar-refractivity contribution in [3.05, 3.63) is 23.3 Å². The molecule has 0 bridgehead atoms. The minimum absolute atomic E-state index is 0.0282. The molecule has 1 aliphatic carbocycles. The van der Waals surface area contributed by atoms with E-state index in [1.54, 1.807) is 21.3 Å². The quantitative estimate of drug-likeness (QED) is 0.838. The van der Waals surface area contributed by atoms with Crippen molar-refractivity contribution < 1.29 is 14.2 Å². The maximum Gasteiger partial charge on any atom is 0.131 e. The molecule has 2 N–H and O–H groups in total. The largest absolute Gasteiger partial charge is 0.496 e. The molecule has 0 atom stereocenters. The van der Waals surface area contributed by atoms with Crippen LogP contribution in [-0.2, 0) is 16.8 Å². The van der Waals surface area contributed by atoms with Gasteiger partial charge in [0.15, 0.2) is 0 Å². The van der Waals surface area contributed by atoms with Crippen LogP contribution in [0.4, 0.5) is 0 Å². The molecular formula is C14H21NO3. The fourth-order valence-electron chi connectivity index (χ4n) is 2.49. The number of rotatable bonds is 6. The summed E-state index contributed by atoms with van der Waals surface area (Å²) in [6.07, 6.45) is 2.18. The average Bonchev–Trinajstić information content (AvgIpc) is 3.19. The summed E-state index contributed by atoms with van der Waals surface area (Å²) in [6.45, 7) is 1.15. The number of methoxy groups -OCH3 is 3. The van der Waals surface area contributed by atoms with E-state index in [0.29, 0.717) is 13.2 Å². The van der Waals surface area contributed by atoms with E-state index in [1.807, 2.05) is 12.1 Å². The minimum Gasteiger partial charge on any atom is -0.496 e. The van der Waals surface area contributed by atoms with E-state index < -0.39 is 0 Å². The van der Waals surface area contributed by atoms with Crippen molar-refractivity contribution in [2.45, 2.75) is 24.9 Å². The second-order valence-corrected chi connectivity index (χ2v) is 4.75. The number of ether oxygens (including phenoxy) is 3. The monoisotopic (exact) mass is 251 g/mol. The number of hydrogen-bond acceptors (Lipinski definition) is 4. The highest BCUT2D eigenvalue weighted by Crippen LogP contribution is 2.54. The molecule has 100 valence electrons. The lowest BCUT2D eigenvalue weighted by Crippen LogP contribution is -2.22. The molecule has 1 saturated carbocycles. The third-order valence-corrected chi connectivity index (χ3v) is 3.70. The van der Waals surface area contributed by atoms with Gasteiger partial charge in [0.25, 0.3) is 0 Å². The van der Waals surface area contributed by atoms with Gasteiger partial charge in [0.1, 0.15) is 11.5 Å². The fraction of sp³-hybridized carbons (Fsp3) is 0.571. The van der Waals surface area contributed by atoms with Crippen LogP contribution < -0.4 is 15.2 Å². The molecule has 0 amide bonds. The van der Waals surface area contributed by atoms with Crippen molar-refractivity contribution in [1.82, 2.24) is 0 Å². The van der Waals surface area contributed by atoms with Crippen LogP contribution in [0.1, 0.15) is 24.0 Å². The van der Waals surface area contributed by atoms with E-state index in [1.165, 1.54) is 0 Å². The normalized spacial score (nSPS) is 16.4. The second kappa shape index (κ2) is 5.16. The van der Waals surface area contributed by atoms with E-state index in [4.69, 9.17) is 19.9 Å². The minimum atomic E-state index is 0.0282. The first-order valence-electron chi connectivity index (χ1n) is 6.15. The van der Waals surface area contributed by atoms with Crippen molar-refractivity contribution >= 4 is 0 Å². The van der Waals surface area contributed by atoms with Crippen molar-refractivity contribution in [1.29, 1.82) is 0 Å². The molecule has 1 aromatic rings. The Bertz CT molecular complexity index is 427. The van der Waals surface area contributed by atoms with Gasteiger partial charge < -0.3 is 19.9 Å². The maximum absolute atomic E-state index is 5.93. The number of benzene rings is 1. The van der Waals surface area contributed by atoms with E-state index in [0.717, 1.165) is 35.5 Å². The van der Waals surface area contributed by atoms with Gasteiger partial charge >= 0.3 is 0 Å². The third-order valence-electron chi connectivity index (χ3n) is 3.70. The molecule has 1 aromatic carbocycles. The first-order valence-corrected chi connectivity index (χ1v) is 6.15. The molecule has 0 heterocycles. The van der Waals surface area contributed by atoms with Gasteiger partial charge in [-0.2, -0.15) is 0 Å². The Morgan fingerprint density at radius 3 is 2.33 bits per heavy atom. The Balaban J connectivity index is 2.55. The molecule has 1 fully saturated rings. The molecule has 2 rings (SSSR count). The number of nitrogens with two attached hydrogens (primary N) is 1. The molecule has 0 saturated heterocycles. The lowest BCUT2D eigenvalue weighted by molar-refractivity contribution is 0.181. The molecule has 4 nitrogen and oxygen atoms in total. The highest BCUT2D eigenvalue weighted by atomic mass is 16.5. The standard InChI is InChI=1S/C14H21NO3/c1-16-8-10-4-5-11(17-2)12(13(10)18-3)14(9-15)6-7-14/h4-5H,6-9,15H2,1-3H3. The summed E-state index contributed by atoms with van der Waals surface area (Å²) in [7, 11) is 5.05. The van der Waals surface area contributed by atoms with E-state index in [2.05, 4.69) is 0 Å². The van der Waals surface area contributed by atoms with Crippen LogP contribution in [0, 0.1) is 0 Å². The highest BCUT2D eigenvalue weighted by Gasteiger charge is 2.47. The predicted molar refractivity (Wildman–Crippen MR) is 70.2 cm³/mol. The summed E-state index contributed by atoms with van der Waals surface area (Å²) in [5.41, 5.74) is 8.10. The van der Waals surface area contributed by atoms with Crippen LogP contribution in [-0.4, -0.2) is 27.9 Å². The van der Waals surface area contributed by atoms with Crippen LogP contribution in [0.3, 0.4) is 0 Å². The molecule has 0 aliphatic heterocycles. The summed E-state index contributed by atoms with van der Waals surface area (Å²) in [4.78, 5) is 0. The summed E-state index contributed by atoms with van der Waals surface area (Å²) >= 11 is 0. The van der Waals surface area contributed by atoms with Gasteiger partial charge in [-0.25, -0.2) is 0 Å². The predicted octanol–water partition coefficient (Wildman–Crippen LogP) is 1.84. The fourth-order valence-corrected chi connectivity index (χ4v) is 2.49. The van der Waals surface area contributed by atoms with Crippen molar-refractivity contribution in [2.75, 3.05) is 27.9 Å². The van der Waals surface area contributed by atoms with Gasteiger partial charge in [0.2, 0.25) is 0 Å². The van der Waals surface area contributed by atoms with E-state index in [9.17, 15) is 0 Å². The molecule has 0 spiro atoms. The summed E-state index contributed by atoms with van der Waals surface area (Å²) < 4.78 is 16.3. The average molecular weight is 251 g/mol. The molecule has 0 aromatic heterocycles. The first kappa shape index (κ1) is 13.2. The van der Waals surface area contributed by atoms with Gasteiger partial charge in [-0.1, -0.05) is 0 Å². The van der Waals surface area contributed by atoms with E-state index in [-0.39, 0.29) is 5.41 Å². The van der Waals surface area contributed by atoms with Gasteiger partial charge in [-0.05, 0) is 25.0 Å². The van der Waals surface area contributed by atoms with Crippen LogP contribution in [0.5, 0.6) is 11.5 Å². The van der Waals surface area contributed by atoms with Gasteiger partial charge in [-0.3, -0.25) is 0 Å². The maximum atomic E-state index is 5.93. The summed E-state index contributed by atoms with van der Waals surface area (Å²) in [5.74, 6) is 1.72. The second-order valence-electron chi connectivity index (χ2n) is 4.75. The van der Waals surface area contributed by atoms with Crippen molar-refractivity contribution in [3.63, 3.8) is 0 Å². The van der Waals surface area contributed by atoms with E-state index >= 15 is 0 Å².